The second-order valence-corrected chi connectivity index (χ2v) is 5.68. The van der Waals surface area contributed by atoms with Crippen LogP contribution in [0.5, 0.6) is 5.75 Å². The molecule has 0 aliphatic rings. The molecule has 3 heteroatoms. The summed E-state index contributed by atoms with van der Waals surface area (Å²) < 4.78 is 5.89. The van der Waals surface area contributed by atoms with Gasteiger partial charge in [-0.05, 0) is 17.7 Å². The molecule has 0 radical (unpaired) electrons. The minimum atomic E-state index is -0.300. The summed E-state index contributed by atoms with van der Waals surface area (Å²) in [6.45, 7) is 0.417. The molecule has 3 nitrogen and oxygen atoms in total. The third-order valence-corrected chi connectivity index (χ3v) is 3.86. The Morgan fingerprint density at radius 2 is 1.50 bits per heavy atom. The average molecular weight is 339 g/mol. The van der Waals surface area contributed by atoms with Crippen molar-refractivity contribution in [3.05, 3.63) is 107 Å². The van der Waals surface area contributed by atoms with Crippen molar-refractivity contribution in [1.29, 1.82) is 5.26 Å². The zero-order valence-corrected chi connectivity index (χ0v) is 14.1. The van der Waals surface area contributed by atoms with E-state index in [1.54, 1.807) is 30.3 Å². The van der Waals surface area contributed by atoms with Gasteiger partial charge < -0.3 is 4.74 Å². The summed E-state index contributed by atoms with van der Waals surface area (Å²) in [5.74, 6) is 0.330. The lowest BCUT2D eigenvalue weighted by Crippen LogP contribution is -2.02. The minimum absolute atomic E-state index is 0.0759. The molecule has 0 aliphatic carbocycles. The number of ether oxygens (including phenoxy) is 1. The normalized spacial score (nSPS) is 10.8. The van der Waals surface area contributed by atoms with Gasteiger partial charge in [-0.2, -0.15) is 5.26 Å². The lowest BCUT2D eigenvalue weighted by atomic mass is 10.0. The number of rotatable bonds is 6. The van der Waals surface area contributed by atoms with Gasteiger partial charge in [0.2, 0.25) is 5.78 Å². The quantitative estimate of drug-likeness (QED) is 0.358. The summed E-state index contributed by atoms with van der Waals surface area (Å²) in [6.07, 6.45) is 1.58. The van der Waals surface area contributed by atoms with Crippen molar-refractivity contribution in [2.24, 2.45) is 0 Å². The van der Waals surface area contributed by atoms with E-state index in [9.17, 15) is 10.1 Å². The van der Waals surface area contributed by atoms with Gasteiger partial charge in [-0.3, -0.25) is 4.79 Å². The van der Waals surface area contributed by atoms with E-state index in [1.807, 2.05) is 66.7 Å². The van der Waals surface area contributed by atoms with Crippen LogP contribution in [0.4, 0.5) is 0 Å². The molecular weight excluding hydrogens is 322 g/mol. The van der Waals surface area contributed by atoms with Crippen molar-refractivity contribution in [3.63, 3.8) is 0 Å². The molecule has 0 fully saturated rings. The van der Waals surface area contributed by atoms with Gasteiger partial charge in [0.25, 0.3) is 0 Å². The van der Waals surface area contributed by atoms with Gasteiger partial charge in [0.05, 0.1) is 0 Å². The highest BCUT2D eigenvalue weighted by Gasteiger charge is 2.13. The molecule has 0 aliphatic heterocycles. The SMILES string of the molecule is N#CC(=Cc1ccccc1OCc1ccccc1)C(=O)c1ccccc1. The summed E-state index contributed by atoms with van der Waals surface area (Å²) in [7, 11) is 0. The monoisotopic (exact) mass is 339 g/mol. The van der Waals surface area contributed by atoms with E-state index >= 15 is 0 Å². The van der Waals surface area contributed by atoms with Gasteiger partial charge in [0.15, 0.2) is 0 Å². The molecule has 0 unspecified atom stereocenters. The molecule has 0 saturated carbocycles. The van der Waals surface area contributed by atoms with Gasteiger partial charge in [-0.1, -0.05) is 78.9 Å². The maximum atomic E-state index is 12.5. The van der Waals surface area contributed by atoms with Gasteiger partial charge >= 0.3 is 0 Å². The van der Waals surface area contributed by atoms with Crippen LogP contribution in [0.2, 0.25) is 0 Å². The molecule has 0 aromatic heterocycles. The van der Waals surface area contributed by atoms with Gasteiger partial charge in [0, 0.05) is 11.1 Å². The van der Waals surface area contributed by atoms with E-state index < -0.39 is 0 Å². The molecule has 0 spiro atoms. The third kappa shape index (κ3) is 4.25. The number of para-hydroxylation sites is 1. The van der Waals surface area contributed by atoms with Crippen LogP contribution in [0.3, 0.4) is 0 Å². The first-order chi connectivity index (χ1) is 12.8. The highest BCUT2D eigenvalue weighted by molar-refractivity contribution is 6.14. The van der Waals surface area contributed by atoms with Crippen LogP contribution in [-0.2, 0) is 6.61 Å². The number of nitriles is 1. The number of benzene rings is 3. The molecule has 126 valence electrons. The number of hydrogen-bond acceptors (Lipinski definition) is 3. The van der Waals surface area contributed by atoms with Gasteiger partial charge in [0.1, 0.15) is 24.0 Å². The molecule has 3 rings (SSSR count). The van der Waals surface area contributed by atoms with E-state index in [4.69, 9.17) is 4.74 Å². The Morgan fingerprint density at radius 1 is 0.885 bits per heavy atom. The Balaban J connectivity index is 1.85. The Kier molecular flexibility index (Phi) is 5.59. The van der Waals surface area contributed by atoms with Crippen molar-refractivity contribution in [2.45, 2.75) is 6.61 Å². The van der Waals surface area contributed by atoms with Crippen molar-refractivity contribution < 1.29 is 9.53 Å². The molecule has 0 amide bonds. The number of carbonyl (C=O) groups is 1. The number of carbonyl (C=O) groups excluding carboxylic acids is 1. The van der Waals surface area contributed by atoms with Crippen LogP contribution in [0.1, 0.15) is 21.5 Å². The van der Waals surface area contributed by atoms with E-state index in [-0.39, 0.29) is 11.4 Å². The summed E-state index contributed by atoms with van der Waals surface area (Å²) in [5, 5.41) is 9.44. The molecule has 0 atom stereocenters. The zero-order valence-electron chi connectivity index (χ0n) is 14.1. The summed E-state index contributed by atoms with van der Waals surface area (Å²) in [4.78, 5) is 12.5. The number of nitrogens with zero attached hydrogens (tertiary/aromatic N) is 1. The van der Waals surface area contributed by atoms with Crippen LogP contribution in [-0.4, -0.2) is 5.78 Å². The number of hydrogen-bond donors (Lipinski definition) is 0. The first kappa shape index (κ1) is 17.2. The zero-order chi connectivity index (χ0) is 18.2. The van der Waals surface area contributed by atoms with Crippen molar-refractivity contribution in [3.8, 4) is 11.8 Å². The third-order valence-electron chi connectivity index (χ3n) is 3.86. The fourth-order valence-corrected chi connectivity index (χ4v) is 2.52. The average Bonchev–Trinajstić information content (AvgIpc) is 2.72. The van der Waals surface area contributed by atoms with Crippen LogP contribution in [0.15, 0.2) is 90.5 Å². The first-order valence-electron chi connectivity index (χ1n) is 8.25. The topological polar surface area (TPSA) is 50.1 Å². The predicted molar refractivity (Wildman–Crippen MR) is 102 cm³/mol. The minimum Gasteiger partial charge on any atom is -0.488 e. The molecule has 0 heterocycles. The van der Waals surface area contributed by atoms with Crippen molar-refractivity contribution >= 4 is 11.9 Å². The van der Waals surface area contributed by atoms with E-state index in [0.717, 1.165) is 5.56 Å². The van der Waals surface area contributed by atoms with E-state index in [2.05, 4.69) is 0 Å². The standard InChI is InChI=1S/C23H17NO2/c24-16-21(23(25)19-11-5-2-6-12-19)15-20-13-7-8-14-22(20)26-17-18-9-3-1-4-10-18/h1-15H,17H2. The van der Waals surface area contributed by atoms with Crippen LogP contribution < -0.4 is 4.74 Å². The van der Waals surface area contributed by atoms with Gasteiger partial charge in [-0.25, -0.2) is 0 Å². The molecule has 0 N–H and O–H groups in total. The molecule has 3 aromatic rings. The van der Waals surface area contributed by atoms with Crippen molar-refractivity contribution in [2.75, 3.05) is 0 Å². The van der Waals surface area contributed by atoms with Crippen LogP contribution in [0, 0.1) is 11.3 Å². The highest BCUT2D eigenvalue weighted by atomic mass is 16.5. The lowest BCUT2D eigenvalue weighted by molar-refractivity contribution is 0.104. The smallest absolute Gasteiger partial charge is 0.203 e. The van der Waals surface area contributed by atoms with E-state index in [1.165, 1.54) is 0 Å². The molecule has 3 aromatic carbocycles. The van der Waals surface area contributed by atoms with Crippen molar-refractivity contribution in [1.82, 2.24) is 0 Å². The summed E-state index contributed by atoms with van der Waals surface area (Å²) in [6, 6.07) is 28.0. The highest BCUT2D eigenvalue weighted by Crippen LogP contribution is 2.23. The number of allylic oxidation sites excluding steroid dienone is 1. The second kappa shape index (κ2) is 8.46. The molecule has 0 saturated heterocycles. The molecule has 0 bridgehead atoms. The maximum Gasteiger partial charge on any atom is 0.203 e. The largest absolute Gasteiger partial charge is 0.488 e. The Labute approximate surface area is 152 Å². The fraction of sp³-hybridized carbons (Fsp3) is 0.0435. The van der Waals surface area contributed by atoms with Crippen LogP contribution in [0.25, 0.3) is 6.08 Å². The van der Waals surface area contributed by atoms with E-state index in [0.29, 0.717) is 23.5 Å². The summed E-state index contributed by atoms with van der Waals surface area (Å²) >= 11 is 0. The first-order valence-corrected chi connectivity index (χ1v) is 8.25. The Hall–Kier alpha value is -3.64. The maximum absolute atomic E-state index is 12.5. The second-order valence-electron chi connectivity index (χ2n) is 5.68. The van der Waals surface area contributed by atoms with Crippen LogP contribution >= 0.6 is 0 Å². The lowest BCUT2D eigenvalue weighted by Gasteiger charge is -2.09. The number of Topliss-reactive ketones (excluding diaryl/α,β-unsaturated/α-hetero) is 1. The van der Waals surface area contributed by atoms with Gasteiger partial charge in [-0.15, -0.1) is 0 Å². The predicted octanol–water partition coefficient (Wildman–Crippen LogP) is 5.06. The number of ketones is 1. The molecular formula is C23H17NO2. The Morgan fingerprint density at radius 3 is 2.19 bits per heavy atom. The molecule has 26 heavy (non-hydrogen) atoms. The summed E-state index contributed by atoms with van der Waals surface area (Å²) in [5.41, 5.74) is 2.31. The Bertz CT molecular complexity index is 954. The fourth-order valence-electron chi connectivity index (χ4n) is 2.52.